The van der Waals surface area contributed by atoms with Gasteiger partial charge in [-0.3, -0.25) is 9.59 Å². The van der Waals surface area contributed by atoms with E-state index >= 15 is 0 Å². The van der Waals surface area contributed by atoms with Gasteiger partial charge < -0.3 is 11.1 Å². The largest absolute Gasteiger partial charge is 0.366 e. The van der Waals surface area contributed by atoms with Crippen molar-refractivity contribution < 1.29 is 9.59 Å². The van der Waals surface area contributed by atoms with E-state index in [9.17, 15) is 9.59 Å². The second-order valence-electron chi connectivity index (χ2n) is 3.77. The number of rotatable bonds is 3. The molecule has 5 nitrogen and oxygen atoms in total. The Morgan fingerprint density at radius 2 is 1.95 bits per heavy atom. The van der Waals surface area contributed by atoms with Gasteiger partial charge in [-0.05, 0) is 30.3 Å². The summed E-state index contributed by atoms with van der Waals surface area (Å²) < 4.78 is 0. The van der Waals surface area contributed by atoms with E-state index in [-0.39, 0.29) is 11.1 Å². The first-order valence-electron chi connectivity index (χ1n) is 5.39. The van der Waals surface area contributed by atoms with E-state index in [1.54, 1.807) is 24.3 Å². The van der Waals surface area contributed by atoms with Gasteiger partial charge in [0, 0.05) is 23.0 Å². The molecule has 0 unspecified atom stereocenters. The molecule has 0 bridgehead atoms. The number of carbonyl (C=O) groups is 2. The van der Waals surface area contributed by atoms with E-state index in [4.69, 9.17) is 17.3 Å². The average molecular weight is 276 g/mol. The summed E-state index contributed by atoms with van der Waals surface area (Å²) in [5.41, 5.74) is 6.35. The molecule has 0 atom stereocenters. The number of primary amides is 1. The van der Waals surface area contributed by atoms with Gasteiger partial charge in [0.15, 0.2) is 0 Å². The first-order valence-corrected chi connectivity index (χ1v) is 5.77. The van der Waals surface area contributed by atoms with Crippen molar-refractivity contribution in [1.82, 2.24) is 4.98 Å². The fraction of sp³-hybridized carbons (Fsp3) is 0. The minimum absolute atomic E-state index is 0.235. The second kappa shape index (κ2) is 5.49. The molecule has 2 rings (SSSR count). The summed E-state index contributed by atoms with van der Waals surface area (Å²) in [6, 6.07) is 9.36. The Kier molecular flexibility index (Phi) is 3.77. The van der Waals surface area contributed by atoms with Gasteiger partial charge in [0.05, 0.1) is 0 Å². The van der Waals surface area contributed by atoms with Crippen molar-refractivity contribution >= 4 is 29.1 Å². The number of benzene rings is 1. The van der Waals surface area contributed by atoms with Gasteiger partial charge in [0.1, 0.15) is 5.15 Å². The molecule has 2 amide bonds. The zero-order valence-electron chi connectivity index (χ0n) is 9.76. The normalized spacial score (nSPS) is 9.95. The van der Waals surface area contributed by atoms with E-state index in [1.807, 2.05) is 0 Å². The number of carbonyl (C=O) groups excluding carboxylic acids is 2. The zero-order valence-corrected chi connectivity index (χ0v) is 10.5. The van der Waals surface area contributed by atoms with Crippen molar-refractivity contribution in [1.29, 1.82) is 0 Å². The molecule has 1 aromatic heterocycles. The summed E-state index contributed by atoms with van der Waals surface area (Å²) in [5.74, 6) is -0.894. The second-order valence-corrected chi connectivity index (χ2v) is 4.15. The first-order chi connectivity index (χ1) is 9.06. The van der Waals surface area contributed by atoms with Crippen LogP contribution in [0.15, 0.2) is 42.6 Å². The van der Waals surface area contributed by atoms with Crippen LogP contribution in [0.5, 0.6) is 0 Å². The maximum atomic E-state index is 11.9. The molecule has 0 radical (unpaired) electrons. The molecule has 0 aliphatic rings. The summed E-state index contributed by atoms with van der Waals surface area (Å²) >= 11 is 5.71. The summed E-state index contributed by atoms with van der Waals surface area (Å²) in [7, 11) is 0. The van der Waals surface area contributed by atoms with Crippen LogP contribution in [-0.2, 0) is 0 Å². The van der Waals surface area contributed by atoms with Crippen LogP contribution in [0.4, 0.5) is 5.69 Å². The number of aromatic nitrogens is 1. The Balaban J connectivity index is 2.19. The van der Waals surface area contributed by atoms with Crippen molar-refractivity contribution in [3.05, 3.63) is 58.9 Å². The molecule has 0 saturated heterocycles. The Hall–Kier alpha value is -2.40. The topological polar surface area (TPSA) is 85.1 Å². The summed E-state index contributed by atoms with van der Waals surface area (Å²) in [6.45, 7) is 0. The molecular weight excluding hydrogens is 266 g/mol. The quantitative estimate of drug-likeness (QED) is 0.841. The molecule has 96 valence electrons. The van der Waals surface area contributed by atoms with E-state index in [1.165, 1.54) is 18.3 Å². The van der Waals surface area contributed by atoms with Gasteiger partial charge in [-0.15, -0.1) is 0 Å². The lowest BCUT2D eigenvalue weighted by atomic mass is 10.2. The average Bonchev–Trinajstić information content (AvgIpc) is 2.39. The fourth-order valence-electron chi connectivity index (χ4n) is 1.50. The van der Waals surface area contributed by atoms with Crippen LogP contribution in [-0.4, -0.2) is 16.8 Å². The van der Waals surface area contributed by atoms with E-state index in [0.29, 0.717) is 16.8 Å². The van der Waals surface area contributed by atoms with Gasteiger partial charge in [0.25, 0.3) is 5.91 Å². The Labute approximate surface area is 114 Å². The summed E-state index contributed by atoms with van der Waals surface area (Å²) in [6.07, 6.45) is 1.44. The third-order valence-electron chi connectivity index (χ3n) is 2.39. The predicted octanol–water partition coefficient (Wildman–Crippen LogP) is 2.09. The molecule has 6 heteroatoms. The Bertz CT molecular complexity index is 643. The summed E-state index contributed by atoms with van der Waals surface area (Å²) in [5, 5.41) is 2.88. The smallest absolute Gasteiger partial charge is 0.255 e. The third kappa shape index (κ3) is 3.29. The van der Waals surface area contributed by atoms with Crippen molar-refractivity contribution in [2.24, 2.45) is 5.73 Å². The number of nitrogens with one attached hydrogen (secondary N) is 1. The van der Waals surface area contributed by atoms with Crippen LogP contribution in [0.25, 0.3) is 0 Å². The molecule has 0 fully saturated rings. The lowest BCUT2D eigenvalue weighted by molar-refractivity contribution is 0.0996. The van der Waals surface area contributed by atoms with Gasteiger partial charge in [-0.25, -0.2) is 4.98 Å². The number of halogens is 1. The molecule has 2 aromatic rings. The van der Waals surface area contributed by atoms with Crippen LogP contribution in [0, 0.1) is 0 Å². The molecule has 0 saturated carbocycles. The van der Waals surface area contributed by atoms with E-state index in [0.717, 1.165) is 0 Å². The molecule has 0 aliphatic carbocycles. The van der Waals surface area contributed by atoms with Gasteiger partial charge in [-0.1, -0.05) is 17.7 Å². The van der Waals surface area contributed by atoms with Gasteiger partial charge in [-0.2, -0.15) is 0 Å². The highest BCUT2D eigenvalue weighted by Crippen LogP contribution is 2.13. The third-order valence-corrected chi connectivity index (χ3v) is 2.60. The fourth-order valence-corrected chi connectivity index (χ4v) is 1.67. The number of amides is 2. The minimum Gasteiger partial charge on any atom is -0.366 e. The van der Waals surface area contributed by atoms with Crippen molar-refractivity contribution in [2.45, 2.75) is 0 Å². The number of nitrogens with zero attached hydrogens (tertiary/aromatic N) is 1. The van der Waals surface area contributed by atoms with Crippen LogP contribution >= 0.6 is 11.6 Å². The summed E-state index contributed by atoms with van der Waals surface area (Å²) in [4.78, 5) is 26.8. The van der Waals surface area contributed by atoms with Gasteiger partial charge >= 0.3 is 0 Å². The highest BCUT2D eigenvalue weighted by Gasteiger charge is 2.08. The maximum Gasteiger partial charge on any atom is 0.255 e. The van der Waals surface area contributed by atoms with E-state index in [2.05, 4.69) is 10.3 Å². The Morgan fingerprint density at radius 1 is 1.16 bits per heavy atom. The molecule has 3 N–H and O–H groups in total. The van der Waals surface area contributed by atoms with E-state index < -0.39 is 5.91 Å². The standard InChI is InChI=1S/C13H10ClN3O2/c14-11-7-9(4-5-16-11)13(19)17-10-3-1-2-8(6-10)12(15)18/h1-7H,(H2,15,18)(H,17,19). The monoisotopic (exact) mass is 275 g/mol. The lowest BCUT2D eigenvalue weighted by Gasteiger charge is -2.06. The number of nitrogens with two attached hydrogens (primary N) is 1. The van der Waals surface area contributed by atoms with Crippen LogP contribution in [0.1, 0.15) is 20.7 Å². The first kappa shape index (κ1) is 13.0. The molecule has 0 spiro atoms. The molecule has 19 heavy (non-hydrogen) atoms. The molecule has 1 aromatic carbocycles. The van der Waals surface area contributed by atoms with Crippen molar-refractivity contribution in [3.63, 3.8) is 0 Å². The number of hydrogen-bond donors (Lipinski definition) is 2. The lowest BCUT2D eigenvalue weighted by Crippen LogP contribution is -2.14. The van der Waals surface area contributed by atoms with Gasteiger partial charge in [0.2, 0.25) is 5.91 Å². The number of hydrogen-bond acceptors (Lipinski definition) is 3. The maximum absolute atomic E-state index is 11.9. The SMILES string of the molecule is NC(=O)c1cccc(NC(=O)c2ccnc(Cl)c2)c1. The van der Waals surface area contributed by atoms with Crippen LogP contribution in [0.2, 0.25) is 5.15 Å². The molecule has 0 aliphatic heterocycles. The minimum atomic E-state index is -0.553. The number of pyridine rings is 1. The predicted molar refractivity (Wildman–Crippen MR) is 72.2 cm³/mol. The van der Waals surface area contributed by atoms with Crippen LogP contribution < -0.4 is 11.1 Å². The van der Waals surface area contributed by atoms with Crippen LogP contribution in [0.3, 0.4) is 0 Å². The highest BCUT2D eigenvalue weighted by atomic mass is 35.5. The Morgan fingerprint density at radius 3 is 2.63 bits per heavy atom. The molecule has 1 heterocycles. The highest BCUT2D eigenvalue weighted by molar-refractivity contribution is 6.29. The van der Waals surface area contributed by atoms with Crippen molar-refractivity contribution in [3.8, 4) is 0 Å². The van der Waals surface area contributed by atoms with Crippen molar-refractivity contribution in [2.75, 3.05) is 5.32 Å². The molecular formula is C13H10ClN3O2. The zero-order chi connectivity index (χ0) is 13.8. The number of anilines is 1.